The Labute approximate surface area is 159 Å². The van der Waals surface area contributed by atoms with Gasteiger partial charge in [0.25, 0.3) is 5.91 Å². The minimum absolute atomic E-state index is 0.191. The van der Waals surface area contributed by atoms with Crippen LogP contribution in [-0.2, 0) is 13.1 Å². The molecule has 0 unspecified atom stereocenters. The van der Waals surface area contributed by atoms with Gasteiger partial charge in [-0.05, 0) is 42.3 Å². The number of aromatic nitrogens is 1. The highest BCUT2D eigenvalue weighted by Gasteiger charge is 2.08. The first-order valence-electron chi connectivity index (χ1n) is 8.80. The topological polar surface area (TPSA) is 63.2 Å². The van der Waals surface area contributed by atoms with Crippen LogP contribution in [0.5, 0.6) is 5.75 Å². The van der Waals surface area contributed by atoms with Crippen molar-refractivity contribution in [2.75, 3.05) is 12.4 Å². The van der Waals surface area contributed by atoms with Gasteiger partial charge in [-0.1, -0.05) is 42.0 Å². The number of aryl methyl sites for hydroxylation is 1. The monoisotopic (exact) mass is 361 g/mol. The number of ether oxygens (including phenoxy) is 1. The van der Waals surface area contributed by atoms with Gasteiger partial charge < -0.3 is 15.4 Å². The molecule has 1 aromatic heterocycles. The number of anilines is 1. The van der Waals surface area contributed by atoms with Gasteiger partial charge in [0, 0.05) is 25.0 Å². The van der Waals surface area contributed by atoms with Gasteiger partial charge in [0.05, 0.1) is 7.11 Å². The average Bonchev–Trinajstić information content (AvgIpc) is 2.72. The van der Waals surface area contributed by atoms with E-state index in [1.807, 2.05) is 61.5 Å². The van der Waals surface area contributed by atoms with Crippen LogP contribution in [-0.4, -0.2) is 18.0 Å². The van der Waals surface area contributed by atoms with Gasteiger partial charge in [0.15, 0.2) is 0 Å². The van der Waals surface area contributed by atoms with Crippen LogP contribution in [0.2, 0.25) is 0 Å². The van der Waals surface area contributed by atoms with E-state index < -0.39 is 0 Å². The number of amides is 1. The molecule has 2 aromatic carbocycles. The van der Waals surface area contributed by atoms with Crippen molar-refractivity contribution < 1.29 is 9.53 Å². The fraction of sp³-hybridized carbons (Fsp3) is 0.182. The zero-order valence-corrected chi connectivity index (χ0v) is 15.5. The third kappa shape index (κ3) is 5.31. The molecule has 5 heteroatoms. The summed E-state index contributed by atoms with van der Waals surface area (Å²) in [6.07, 6.45) is 1.64. The summed E-state index contributed by atoms with van der Waals surface area (Å²) < 4.78 is 5.16. The quantitative estimate of drug-likeness (QED) is 0.669. The molecule has 0 spiro atoms. The highest BCUT2D eigenvalue weighted by Crippen LogP contribution is 2.14. The van der Waals surface area contributed by atoms with E-state index in [4.69, 9.17) is 4.74 Å². The molecule has 3 rings (SSSR count). The fourth-order valence-corrected chi connectivity index (χ4v) is 2.59. The van der Waals surface area contributed by atoms with Crippen LogP contribution in [0.25, 0.3) is 0 Å². The molecule has 1 heterocycles. The first kappa shape index (κ1) is 18.5. The van der Waals surface area contributed by atoms with Crippen LogP contribution in [0.1, 0.15) is 27.2 Å². The van der Waals surface area contributed by atoms with E-state index >= 15 is 0 Å². The molecule has 1 amide bonds. The maximum Gasteiger partial charge on any atom is 0.270 e. The number of nitrogens with one attached hydrogen (secondary N) is 2. The summed E-state index contributed by atoms with van der Waals surface area (Å²) in [5.41, 5.74) is 4.62. The summed E-state index contributed by atoms with van der Waals surface area (Å²) in [6.45, 7) is 3.17. The molecule has 0 atom stereocenters. The van der Waals surface area contributed by atoms with Crippen molar-refractivity contribution in [1.29, 1.82) is 0 Å². The normalized spacial score (nSPS) is 10.3. The number of carbonyl (C=O) groups is 1. The molecule has 0 saturated carbocycles. The van der Waals surface area contributed by atoms with Crippen molar-refractivity contribution >= 4 is 11.6 Å². The second-order valence-electron chi connectivity index (χ2n) is 6.30. The van der Waals surface area contributed by atoms with Crippen LogP contribution in [0.4, 0.5) is 5.69 Å². The van der Waals surface area contributed by atoms with E-state index in [9.17, 15) is 4.79 Å². The highest BCUT2D eigenvalue weighted by atomic mass is 16.5. The lowest BCUT2D eigenvalue weighted by Gasteiger charge is -2.09. The van der Waals surface area contributed by atoms with E-state index in [1.54, 1.807) is 19.4 Å². The molecular formula is C22H23N3O2. The SMILES string of the molecule is COc1ccc(CNc2ccnc(C(=O)NCc3ccc(C)cc3)c2)cc1. The number of methoxy groups -OCH3 is 1. The summed E-state index contributed by atoms with van der Waals surface area (Å²) in [5.74, 6) is 0.638. The van der Waals surface area contributed by atoms with Crippen molar-refractivity contribution in [2.45, 2.75) is 20.0 Å². The molecule has 0 aliphatic rings. The number of hydrogen-bond donors (Lipinski definition) is 2. The predicted octanol–water partition coefficient (Wildman–Crippen LogP) is 3.94. The molecule has 0 aliphatic carbocycles. The van der Waals surface area contributed by atoms with Crippen LogP contribution in [0, 0.1) is 6.92 Å². The molecule has 0 fully saturated rings. The summed E-state index contributed by atoms with van der Waals surface area (Å²) in [6, 6.07) is 19.5. The Morgan fingerprint density at radius 3 is 2.33 bits per heavy atom. The Bertz CT molecular complexity index is 890. The molecule has 3 aromatic rings. The lowest BCUT2D eigenvalue weighted by Crippen LogP contribution is -2.23. The van der Waals surface area contributed by atoms with E-state index in [0.29, 0.717) is 18.8 Å². The number of pyridine rings is 1. The Morgan fingerprint density at radius 1 is 0.963 bits per heavy atom. The molecule has 5 nitrogen and oxygen atoms in total. The van der Waals surface area contributed by atoms with Gasteiger partial charge in [-0.15, -0.1) is 0 Å². The molecule has 2 N–H and O–H groups in total. The number of benzene rings is 2. The third-order valence-corrected chi connectivity index (χ3v) is 4.22. The lowest BCUT2D eigenvalue weighted by atomic mass is 10.1. The van der Waals surface area contributed by atoms with Gasteiger partial charge in [0.2, 0.25) is 0 Å². The zero-order chi connectivity index (χ0) is 19.1. The number of carbonyl (C=O) groups excluding carboxylic acids is 1. The minimum atomic E-state index is -0.191. The van der Waals surface area contributed by atoms with Gasteiger partial charge >= 0.3 is 0 Å². The Balaban J connectivity index is 1.56. The zero-order valence-electron chi connectivity index (χ0n) is 15.5. The first-order chi connectivity index (χ1) is 13.1. The van der Waals surface area contributed by atoms with E-state index in [0.717, 1.165) is 22.6 Å². The highest BCUT2D eigenvalue weighted by molar-refractivity contribution is 5.93. The van der Waals surface area contributed by atoms with Crippen molar-refractivity contribution in [3.63, 3.8) is 0 Å². The summed E-state index contributed by atoms with van der Waals surface area (Å²) >= 11 is 0. The maximum absolute atomic E-state index is 12.4. The van der Waals surface area contributed by atoms with Crippen molar-refractivity contribution in [2.24, 2.45) is 0 Å². The molecular weight excluding hydrogens is 338 g/mol. The number of nitrogens with zero attached hydrogens (tertiary/aromatic N) is 1. The van der Waals surface area contributed by atoms with Crippen LogP contribution < -0.4 is 15.4 Å². The smallest absolute Gasteiger partial charge is 0.270 e. The number of hydrogen-bond acceptors (Lipinski definition) is 4. The number of rotatable bonds is 7. The molecule has 0 bridgehead atoms. The van der Waals surface area contributed by atoms with E-state index in [2.05, 4.69) is 15.6 Å². The van der Waals surface area contributed by atoms with Crippen LogP contribution in [0.15, 0.2) is 66.9 Å². The minimum Gasteiger partial charge on any atom is -0.497 e. The Kier molecular flexibility index (Phi) is 6.05. The van der Waals surface area contributed by atoms with Crippen molar-refractivity contribution in [3.8, 4) is 5.75 Å². The second kappa shape index (κ2) is 8.85. The van der Waals surface area contributed by atoms with Gasteiger partial charge in [0.1, 0.15) is 11.4 Å². The Hall–Kier alpha value is -3.34. The molecule has 0 radical (unpaired) electrons. The predicted molar refractivity (Wildman–Crippen MR) is 107 cm³/mol. The molecule has 138 valence electrons. The second-order valence-corrected chi connectivity index (χ2v) is 6.30. The van der Waals surface area contributed by atoms with Gasteiger partial charge in [-0.3, -0.25) is 9.78 Å². The third-order valence-electron chi connectivity index (χ3n) is 4.22. The summed E-state index contributed by atoms with van der Waals surface area (Å²) in [5, 5.41) is 6.22. The Morgan fingerprint density at radius 2 is 1.63 bits per heavy atom. The summed E-state index contributed by atoms with van der Waals surface area (Å²) in [4.78, 5) is 16.5. The van der Waals surface area contributed by atoms with Crippen LogP contribution >= 0.6 is 0 Å². The van der Waals surface area contributed by atoms with Crippen molar-refractivity contribution in [3.05, 3.63) is 89.2 Å². The maximum atomic E-state index is 12.4. The van der Waals surface area contributed by atoms with Gasteiger partial charge in [-0.25, -0.2) is 0 Å². The van der Waals surface area contributed by atoms with E-state index in [-0.39, 0.29) is 5.91 Å². The van der Waals surface area contributed by atoms with Crippen molar-refractivity contribution in [1.82, 2.24) is 10.3 Å². The van der Waals surface area contributed by atoms with Crippen LogP contribution in [0.3, 0.4) is 0 Å². The standard InChI is InChI=1S/C22H23N3O2/c1-16-3-5-17(6-4-16)15-25-22(26)21-13-19(11-12-23-21)24-14-18-7-9-20(27-2)10-8-18/h3-13H,14-15H2,1-2H3,(H,23,24)(H,25,26). The largest absolute Gasteiger partial charge is 0.497 e. The van der Waals surface area contributed by atoms with Gasteiger partial charge in [-0.2, -0.15) is 0 Å². The average molecular weight is 361 g/mol. The fourth-order valence-electron chi connectivity index (χ4n) is 2.59. The molecule has 0 saturated heterocycles. The lowest BCUT2D eigenvalue weighted by molar-refractivity contribution is 0.0946. The molecule has 0 aliphatic heterocycles. The first-order valence-corrected chi connectivity index (χ1v) is 8.80. The summed E-state index contributed by atoms with van der Waals surface area (Å²) in [7, 11) is 1.65. The van der Waals surface area contributed by atoms with E-state index in [1.165, 1.54) is 5.56 Å². The molecule has 27 heavy (non-hydrogen) atoms.